The maximum Gasteiger partial charge on any atom is 0.243 e. The number of halogens is 1. The van der Waals surface area contributed by atoms with Crippen molar-refractivity contribution < 1.29 is 16.8 Å². The van der Waals surface area contributed by atoms with E-state index in [1.807, 2.05) is 0 Å². The van der Waals surface area contributed by atoms with Gasteiger partial charge in [-0.1, -0.05) is 0 Å². The molecule has 0 spiro atoms. The summed E-state index contributed by atoms with van der Waals surface area (Å²) in [7, 11) is -7.26. The van der Waals surface area contributed by atoms with E-state index in [1.54, 1.807) is 0 Å². The Balaban J connectivity index is 2.91. The highest BCUT2D eigenvalue weighted by molar-refractivity contribution is 7.92. The summed E-state index contributed by atoms with van der Waals surface area (Å²) in [5, 5.41) is -0.0737. The van der Waals surface area contributed by atoms with Gasteiger partial charge in [0.25, 0.3) is 0 Å². The number of sulfonamides is 1. The molecule has 0 amide bonds. The molecule has 1 aromatic heterocycles. The van der Waals surface area contributed by atoms with Crippen molar-refractivity contribution >= 4 is 31.5 Å². The summed E-state index contributed by atoms with van der Waals surface area (Å²) in [4.78, 5) is 6.93. The molecule has 0 radical (unpaired) electrons. The highest BCUT2D eigenvalue weighted by atomic mass is 35.5. The zero-order chi connectivity index (χ0) is 14.9. The van der Waals surface area contributed by atoms with Gasteiger partial charge in [0.2, 0.25) is 15.3 Å². The van der Waals surface area contributed by atoms with Gasteiger partial charge in [-0.2, -0.15) is 0 Å². The van der Waals surface area contributed by atoms with Gasteiger partial charge in [0.15, 0.2) is 9.84 Å². The minimum atomic E-state index is -3.87. The molecule has 1 rings (SSSR count). The molecule has 1 aromatic rings. The lowest BCUT2D eigenvalue weighted by Crippen LogP contribution is -2.43. The van der Waals surface area contributed by atoms with Gasteiger partial charge in [-0.15, -0.1) is 0 Å². The van der Waals surface area contributed by atoms with E-state index >= 15 is 0 Å². The first-order valence-corrected chi connectivity index (χ1v) is 8.88. The molecule has 1 heterocycles. The molecule has 7 nitrogen and oxygen atoms in total. The summed E-state index contributed by atoms with van der Waals surface area (Å²) in [6, 6.07) is 0. The fourth-order valence-corrected chi connectivity index (χ4v) is 2.55. The van der Waals surface area contributed by atoms with Crippen molar-refractivity contribution in [3.63, 3.8) is 0 Å². The largest absolute Gasteiger partial charge is 0.243 e. The fourth-order valence-electron chi connectivity index (χ4n) is 0.922. The van der Waals surface area contributed by atoms with E-state index in [0.717, 1.165) is 18.6 Å². The monoisotopic (exact) mass is 327 g/mol. The molecular formula is C9H14ClN3O4S2. The van der Waals surface area contributed by atoms with E-state index in [9.17, 15) is 16.8 Å². The van der Waals surface area contributed by atoms with Gasteiger partial charge in [0, 0.05) is 12.8 Å². The van der Waals surface area contributed by atoms with Crippen LogP contribution >= 0.6 is 11.6 Å². The normalized spacial score (nSPS) is 13.5. The lowest BCUT2D eigenvalue weighted by atomic mass is 10.2. The highest BCUT2D eigenvalue weighted by Gasteiger charge is 2.32. The molecule has 0 saturated carbocycles. The van der Waals surface area contributed by atoms with Gasteiger partial charge >= 0.3 is 0 Å². The third kappa shape index (κ3) is 4.10. The molecule has 0 saturated heterocycles. The van der Waals surface area contributed by atoms with E-state index in [2.05, 4.69) is 14.7 Å². The van der Waals surface area contributed by atoms with Gasteiger partial charge in [-0.25, -0.2) is 31.5 Å². The van der Waals surface area contributed by atoms with Crippen LogP contribution in [-0.4, -0.2) is 44.4 Å². The Morgan fingerprint density at radius 2 is 1.68 bits per heavy atom. The van der Waals surface area contributed by atoms with Gasteiger partial charge in [-0.05, 0) is 25.4 Å². The van der Waals surface area contributed by atoms with Crippen LogP contribution in [0.2, 0.25) is 5.28 Å². The zero-order valence-electron chi connectivity index (χ0n) is 10.6. The number of sulfone groups is 1. The van der Waals surface area contributed by atoms with Crippen molar-refractivity contribution in [2.24, 2.45) is 0 Å². The second kappa shape index (κ2) is 5.31. The highest BCUT2D eigenvalue weighted by Crippen LogP contribution is 2.15. The first-order valence-electron chi connectivity index (χ1n) is 5.12. The predicted molar refractivity (Wildman–Crippen MR) is 71.2 cm³/mol. The third-order valence-corrected chi connectivity index (χ3v) is 6.30. The predicted octanol–water partition coefficient (Wildman–Crippen LogP) is 0.231. The van der Waals surface area contributed by atoms with E-state index < -0.39 is 24.6 Å². The standard InChI is InChI=1S/C9H14ClN3O4S2/c1-9(2,18(3,14)15)6-13-19(16,17)7-4-11-8(10)12-5-7/h4-5,13H,6H2,1-3H3. The molecule has 0 atom stereocenters. The summed E-state index contributed by atoms with van der Waals surface area (Å²) in [5.74, 6) is 0. The van der Waals surface area contributed by atoms with Gasteiger partial charge in [-0.3, -0.25) is 0 Å². The molecular weight excluding hydrogens is 314 g/mol. The SMILES string of the molecule is CC(C)(CNS(=O)(=O)c1cnc(Cl)nc1)S(C)(=O)=O. The average Bonchev–Trinajstić information content (AvgIpc) is 2.26. The van der Waals surface area contributed by atoms with Gasteiger partial charge in [0.1, 0.15) is 4.90 Å². The van der Waals surface area contributed by atoms with Crippen molar-refractivity contribution in [1.82, 2.24) is 14.7 Å². The number of hydrogen-bond donors (Lipinski definition) is 1. The molecule has 10 heteroatoms. The Labute approximate surface area is 117 Å². The van der Waals surface area contributed by atoms with Crippen LogP contribution < -0.4 is 4.72 Å². The fraction of sp³-hybridized carbons (Fsp3) is 0.556. The summed E-state index contributed by atoms with van der Waals surface area (Å²) in [6.45, 7) is 2.61. The van der Waals surface area contributed by atoms with Crippen LogP contribution in [0.1, 0.15) is 13.8 Å². The van der Waals surface area contributed by atoms with E-state index in [1.165, 1.54) is 13.8 Å². The molecule has 0 aliphatic heterocycles. The maximum atomic E-state index is 11.9. The van der Waals surface area contributed by atoms with Crippen molar-refractivity contribution in [2.75, 3.05) is 12.8 Å². The molecule has 108 valence electrons. The quantitative estimate of drug-likeness (QED) is 0.776. The Kier molecular flexibility index (Phi) is 4.55. The minimum Gasteiger partial charge on any atom is -0.229 e. The number of hydrogen-bond acceptors (Lipinski definition) is 6. The first kappa shape index (κ1) is 16.3. The Morgan fingerprint density at radius 3 is 2.11 bits per heavy atom. The average molecular weight is 328 g/mol. The van der Waals surface area contributed by atoms with Crippen LogP contribution in [0.25, 0.3) is 0 Å². The lowest BCUT2D eigenvalue weighted by Gasteiger charge is -2.22. The van der Waals surface area contributed by atoms with Crippen LogP contribution in [0, 0.1) is 0 Å². The molecule has 1 N–H and O–H groups in total. The Bertz CT molecular complexity index is 653. The van der Waals surface area contributed by atoms with E-state index in [-0.39, 0.29) is 16.7 Å². The molecule has 0 bridgehead atoms. The van der Waals surface area contributed by atoms with Crippen molar-refractivity contribution in [3.8, 4) is 0 Å². The number of nitrogens with one attached hydrogen (secondary N) is 1. The van der Waals surface area contributed by atoms with Gasteiger partial charge in [0.05, 0.1) is 17.1 Å². The van der Waals surface area contributed by atoms with Crippen LogP contribution in [0.3, 0.4) is 0 Å². The minimum absolute atomic E-state index is 0.0737. The van der Waals surface area contributed by atoms with E-state index in [0.29, 0.717) is 0 Å². The summed E-state index contributed by atoms with van der Waals surface area (Å²) in [5.41, 5.74) is 0. The third-order valence-electron chi connectivity index (χ3n) is 2.60. The van der Waals surface area contributed by atoms with Crippen molar-refractivity contribution in [2.45, 2.75) is 23.5 Å². The van der Waals surface area contributed by atoms with Crippen LogP contribution in [-0.2, 0) is 19.9 Å². The lowest BCUT2D eigenvalue weighted by molar-refractivity contribution is 0.536. The second-order valence-electron chi connectivity index (χ2n) is 4.54. The topological polar surface area (TPSA) is 106 Å². The van der Waals surface area contributed by atoms with Crippen molar-refractivity contribution in [1.29, 1.82) is 0 Å². The summed E-state index contributed by atoms with van der Waals surface area (Å²) in [6.07, 6.45) is 3.14. The molecule has 0 aromatic carbocycles. The summed E-state index contributed by atoms with van der Waals surface area (Å²) < 4.78 is 47.7. The van der Waals surface area contributed by atoms with Crippen LogP contribution in [0.4, 0.5) is 0 Å². The maximum absolute atomic E-state index is 11.9. The Hall–Kier alpha value is -0.770. The van der Waals surface area contributed by atoms with Crippen LogP contribution in [0.15, 0.2) is 17.3 Å². The molecule has 0 fully saturated rings. The molecule has 0 aliphatic rings. The van der Waals surface area contributed by atoms with Crippen LogP contribution in [0.5, 0.6) is 0 Å². The number of rotatable bonds is 5. The second-order valence-corrected chi connectivity index (χ2v) is 9.30. The van der Waals surface area contributed by atoms with Crippen molar-refractivity contribution in [3.05, 3.63) is 17.7 Å². The number of aromatic nitrogens is 2. The summed E-state index contributed by atoms with van der Waals surface area (Å²) >= 11 is 5.45. The van der Waals surface area contributed by atoms with E-state index in [4.69, 9.17) is 11.6 Å². The molecule has 0 unspecified atom stereocenters. The Morgan fingerprint density at radius 1 is 1.21 bits per heavy atom. The number of nitrogens with zero attached hydrogens (tertiary/aromatic N) is 2. The zero-order valence-corrected chi connectivity index (χ0v) is 13.0. The molecule has 0 aliphatic carbocycles. The smallest absolute Gasteiger partial charge is 0.229 e. The van der Waals surface area contributed by atoms with Gasteiger partial charge < -0.3 is 0 Å². The first-order chi connectivity index (χ1) is 8.46. The molecule has 19 heavy (non-hydrogen) atoms.